The summed E-state index contributed by atoms with van der Waals surface area (Å²) in [7, 11) is 0. The highest BCUT2D eigenvalue weighted by Gasteiger charge is 2.13. The highest BCUT2D eigenvalue weighted by molar-refractivity contribution is 7.80. The number of hydrogen-bond acceptors (Lipinski definition) is 6. The maximum Gasteiger partial charge on any atom is 0.159 e. The van der Waals surface area contributed by atoms with Crippen LogP contribution in [-0.2, 0) is 6.54 Å². The summed E-state index contributed by atoms with van der Waals surface area (Å²) < 4.78 is 0. The van der Waals surface area contributed by atoms with Crippen molar-refractivity contribution in [2.75, 3.05) is 5.32 Å². The number of anilines is 1. The highest BCUT2D eigenvalue weighted by atomic mass is 32.1. The number of hydrogen-bond donors (Lipinski definition) is 2. The number of aryl methyl sites for hydroxylation is 2. The first kappa shape index (κ1) is 13.8. The topological polar surface area (TPSA) is 76.7 Å². The van der Waals surface area contributed by atoms with Gasteiger partial charge >= 0.3 is 0 Å². The van der Waals surface area contributed by atoms with Gasteiger partial charge in [0.1, 0.15) is 4.99 Å². The molecule has 0 radical (unpaired) electrons. The molecule has 0 fully saturated rings. The fourth-order valence-corrected chi connectivity index (χ4v) is 2.66. The summed E-state index contributed by atoms with van der Waals surface area (Å²) in [6.45, 7) is 6.46. The first-order valence-electron chi connectivity index (χ1n) is 5.77. The molecule has 0 aliphatic heterocycles. The number of rotatable bonds is 4. The molecule has 2 rings (SSSR count). The molecule has 3 N–H and O–H groups in total. The minimum atomic E-state index is 0.332. The minimum Gasteiger partial charge on any atom is -0.389 e. The van der Waals surface area contributed by atoms with Crippen LogP contribution >= 0.6 is 23.6 Å². The summed E-state index contributed by atoms with van der Waals surface area (Å²) in [6.07, 6.45) is 0. The lowest BCUT2D eigenvalue weighted by atomic mass is 10.1. The van der Waals surface area contributed by atoms with Gasteiger partial charge in [-0.2, -0.15) is 5.10 Å². The molecule has 7 heteroatoms. The van der Waals surface area contributed by atoms with Gasteiger partial charge in [-0.05, 0) is 26.3 Å². The van der Waals surface area contributed by atoms with Crippen LogP contribution in [0.5, 0.6) is 0 Å². The van der Waals surface area contributed by atoms with E-state index in [2.05, 4.69) is 20.5 Å². The molecule has 0 bridgehead atoms. The molecule has 0 spiro atoms. The maximum absolute atomic E-state index is 5.78. The van der Waals surface area contributed by atoms with E-state index in [0.29, 0.717) is 17.4 Å². The fraction of sp³-hybridized carbons (Fsp3) is 0.333. The molecule has 19 heavy (non-hydrogen) atoms. The number of aromatic nitrogens is 3. The van der Waals surface area contributed by atoms with E-state index in [-0.39, 0.29) is 0 Å². The summed E-state index contributed by atoms with van der Waals surface area (Å²) in [4.78, 5) is 5.70. The van der Waals surface area contributed by atoms with E-state index in [1.165, 1.54) is 0 Å². The van der Waals surface area contributed by atoms with Gasteiger partial charge in [-0.3, -0.25) is 0 Å². The van der Waals surface area contributed by atoms with E-state index in [4.69, 9.17) is 18.0 Å². The zero-order valence-electron chi connectivity index (χ0n) is 11.0. The van der Waals surface area contributed by atoms with Crippen molar-refractivity contribution in [2.24, 2.45) is 5.73 Å². The van der Waals surface area contributed by atoms with E-state index in [9.17, 15) is 0 Å². The molecular weight excluding hydrogens is 278 g/mol. The van der Waals surface area contributed by atoms with E-state index >= 15 is 0 Å². The van der Waals surface area contributed by atoms with Gasteiger partial charge in [0.15, 0.2) is 5.82 Å². The Bertz CT molecular complexity index is 621. The van der Waals surface area contributed by atoms with E-state index < -0.39 is 0 Å². The van der Waals surface area contributed by atoms with Crippen LogP contribution in [0.15, 0.2) is 5.51 Å². The normalized spacial score (nSPS) is 10.5. The van der Waals surface area contributed by atoms with Gasteiger partial charge < -0.3 is 11.1 Å². The van der Waals surface area contributed by atoms with Gasteiger partial charge in [0.25, 0.3) is 0 Å². The zero-order valence-corrected chi connectivity index (χ0v) is 12.7. The van der Waals surface area contributed by atoms with E-state index in [1.807, 2.05) is 26.3 Å². The highest BCUT2D eigenvalue weighted by Crippen LogP contribution is 2.20. The molecule has 0 amide bonds. The quantitative estimate of drug-likeness (QED) is 0.841. The van der Waals surface area contributed by atoms with Crippen LogP contribution in [0.1, 0.15) is 27.4 Å². The van der Waals surface area contributed by atoms with Crippen LogP contribution in [0, 0.1) is 20.8 Å². The van der Waals surface area contributed by atoms with Crippen molar-refractivity contribution in [3.8, 4) is 0 Å². The van der Waals surface area contributed by atoms with Gasteiger partial charge in [-0.1, -0.05) is 12.2 Å². The van der Waals surface area contributed by atoms with Crippen LogP contribution in [0.2, 0.25) is 0 Å². The largest absolute Gasteiger partial charge is 0.389 e. The molecule has 5 nitrogen and oxygen atoms in total. The Hall–Kier alpha value is -1.60. The van der Waals surface area contributed by atoms with Gasteiger partial charge in [-0.15, -0.1) is 16.4 Å². The smallest absolute Gasteiger partial charge is 0.159 e. The molecule has 0 atom stereocenters. The molecule has 2 heterocycles. The van der Waals surface area contributed by atoms with Crippen molar-refractivity contribution in [3.63, 3.8) is 0 Å². The fourth-order valence-electron chi connectivity index (χ4n) is 1.69. The average Bonchev–Trinajstić information content (AvgIpc) is 2.76. The standard InChI is InChI=1S/C12H15N5S2/c1-6-7(2)16-17-12(10(6)11(13)18)14-4-9-8(3)15-5-19-9/h5H,4H2,1-3H3,(H2,13,18)(H,14,17). The summed E-state index contributed by atoms with van der Waals surface area (Å²) in [6, 6.07) is 0. The van der Waals surface area contributed by atoms with Crippen LogP contribution in [-0.4, -0.2) is 20.2 Å². The number of thiazole rings is 1. The van der Waals surface area contributed by atoms with E-state index in [0.717, 1.165) is 27.4 Å². The summed E-state index contributed by atoms with van der Waals surface area (Å²) >= 11 is 6.70. The monoisotopic (exact) mass is 293 g/mol. The molecule has 0 unspecified atom stereocenters. The second-order valence-corrected chi connectivity index (χ2v) is 5.59. The number of nitrogens with one attached hydrogen (secondary N) is 1. The Morgan fingerprint density at radius 3 is 2.63 bits per heavy atom. The molecule has 0 aliphatic rings. The van der Waals surface area contributed by atoms with Gasteiger partial charge in [0, 0.05) is 4.88 Å². The van der Waals surface area contributed by atoms with E-state index in [1.54, 1.807) is 11.3 Å². The van der Waals surface area contributed by atoms with Gasteiger partial charge in [0.05, 0.1) is 29.0 Å². The number of nitrogens with two attached hydrogens (primary N) is 1. The van der Waals surface area contributed by atoms with Crippen molar-refractivity contribution in [3.05, 3.63) is 32.9 Å². The van der Waals surface area contributed by atoms with Crippen LogP contribution in [0.25, 0.3) is 0 Å². The SMILES string of the molecule is Cc1ncsc1CNc1nnc(C)c(C)c1C(N)=S. The average molecular weight is 293 g/mol. The third kappa shape index (κ3) is 2.87. The molecular formula is C12H15N5S2. The predicted octanol–water partition coefficient (Wildman–Crippen LogP) is 2.10. The molecule has 0 saturated carbocycles. The maximum atomic E-state index is 5.78. The Kier molecular flexibility index (Phi) is 4.06. The Morgan fingerprint density at radius 2 is 2.05 bits per heavy atom. The Balaban J connectivity index is 2.28. The third-order valence-corrected chi connectivity index (χ3v) is 4.10. The number of nitrogens with zero attached hydrogens (tertiary/aromatic N) is 3. The molecule has 100 valence electrons. The van der Waals surface area contributed by atoms with Crippen molar-refractivity contribution < 1.29 is 0 Å². The Morgan fingerprint density at radius 1 is 1.32 bits per heavy atom. The van der Waals surface area contributed by atoms with Crippen LogP contribution in [0.3, 0.4) is 0 Å². The second-order valence-electron chi connectivity index (χ2n) is 4.21. The van der Waals surface area contributed by atoms with Crippen LogP contribution < -0.4 is 11.1 Å². The summed E-state index contributed by atoms with van der Waals surface area (Å²) in [5.41, 5.74) is 11.2. The van der Waals surface area contributed by atoms with Crippen molar-refractivity contribution >= 4 is 34.4 Å². The molecule has 2 aromatic heterocycles. The summed E-state index contributed by atoms with van der Waals surface area (Å²) in [5, 5.41) is 11.5. The molecule has 2 aromatic rings. The zero-order chi connectivity index (χ0) is 14.0. The lowest BCUT2D eigenvalue weighted by Gasteiger charge is -2.12. The molecule has 0 aromatic carbocycles. The second kappa shape index (κ2) is 5.58. The predicted molar refractivity (Wildman–Crippen MR) is 81.6 cm³/mol. The van der Waals surface area contributed by atoms with Gasteiger partial charge in [0.2, 0.25) is 0 Å². The number of thiocarbonyl (C=S) groups is 1. The molecule has 0 saturated heterocycles. The van der Waals surface area contributed by atoms with Crippen LogP contribution in [0.4, 0.5) is 5.82 Å². The third-order valence-electron chi connectivity index (χ3n) is 2.96. The van der Waals surface area contributed by atoms with Crippen molar-refractivity contribution in [2.45, 2.75) is 27.3 Å². The summed E-state index contributed by atoms with van der Waals surface area (Å²) in [5.74, 6) is 0.628. The first-order valence-corrected chi connectivity index (χ1v) is 7.06. The minimum absolute atomic E-state index is 0.332. The van der Waals surface area contributed by atoms with Crippen molar-refractivity contribution in [1.82, 2.24) is 15.2 Å². The lowest BCUT2D eigenvalue weighted by Crippen LogP contribution is -2.18. The Labute approximate surface area is 121 Å². The van der Waals surface area contributed by atoms with Crippen molar-refractivity contribution in [1.29, 1.82) is 0 Å². The lowest BCUT2D eigenvalue weighted by molar-refractivity contribution is 0.943. The first-order chi connectivity index (χ1) is 9.00. The molecule has 0 aliphatic carbocycles. The van der Waals surface area contributed by atoms with Gasteiger partial charge in [-0.25, -0.2) is 4.98 Å².